The zero-order valence-corrected chi connectivity index (χ0v) is 15.2. The van der Waals surface area contributed by atoms with E-state index in [2.05, 4.69) is 29.2 Å². The highest BCUT2D eigenvalue weighted by molar-refractivity contribution is 5.63. The molecule has 0 spiro atoms. The molecule has 0 atom stereocenters. The van der Waals surface area contributed by atoms with E-state index in [0.717, 1.165) is 16.8 Å². The van der Waals surface area contributed by atoms with Crippen LogP contribution < -0.4 is 9.64 Å². The second kappa shape index (κ2) is 8.85. The monoisotopic (exact) mass is 362 g/mol. The summed E-state index contributed by atoms with van der Waals surface area (Å²) < 4.78 is 5.74. The molecular formula is C22H22N2O3. The lowest BCUT2D eigenvalue weighted by atomic mass is 10.1. The molecule has 0 aromatic heterocycles. The minimum atomic E-state index is -0.398. The van der Waals surface area contributed by atoms with E-state index in [1.807, 2.05) is 43.3 Å². The van der Waals surface area contributed by atoms with Crippen molar-refractivity contribution in [3.05, 3.63) is 100 Å². The lowest BCUT2D eigenvalue weighted by Gasteiger charge is -2.27. The number of hydrogen-bond acceptors (Lipinski definition) is 4. The number of nitrogens with zero attached hydrogens (tertiary/aromatic N) is 2. The van der Waals surface area contributed by atoms with E-state index >= 15 is 0 Å². The second-order valence-corrected chi connectivity index (χ2v) is 6.17. The predicted octanol–water partition coefficient (Wildman–Crippen LogP) is 5.20. The van der Waals surface area contributed by atoms with E-state index < -0.39 is 4.92 Å². The highest BCUT2D eigenvalue weighted by atomic mass is 16.6. The standard InChI is InChI=1S/C22H22N2O3/c1-2-27-22-15-20(24(25)26)13-14-21(22)23(16-18-9-5-3-6-10-18)17-19-11-7-4-8-12-19/h3-15H,2,16-17H2,1H3. The molecule has 0 saturated carbocycles. The van der Waals surface area contributed by atoms with Crippen LogP contribution in [-0.4, -0.2) is 11.5 Å². The van der Waals surface area contributed by atoms with Gasteiger partial charge in [-0.05, 0) is 24.1 Å². The Morgan fingerprint density at radius 1 is 0.889 bits per heavy atom. The smallest absolute Gasteiger partial charge is 0.273 e. The van der Waals surface area contributed by atoms with Gasteiger partial charge < -0.3 is 9.64 Å². The Balaban J connectivity index is 1.99. The zero-order valence-electron chi connectivity index (χ0n) is 15.2. The van der Waals surface area contributed by atoms with Crippen LogP contribution in [0.3, 0.4) is 0 Å². The third kappa shape index (κ3) is 4.85. The van der Waals surface area contributed by atoms with Crippen molar-refractivity contribution in [2.45, 2.75) is 20.0 Å². The van der Waals surface area contributed by atoms with E-state index in [1.165, 1.54) is 12.1 Å². The molecule has 138 valence electrons. The Morgan fingerprint density at radius 2 is 1.44 bits per heavy atom. The van der Waals surface area contributed by atoms with Gasteiger partial charge in [0.25, 0.3) is 5.69 Å². The molecule has 0 N–H and O–H groups in total. The van der Waals surface area contributed by atoms with Crippen molar-refractivity contribution in [3.63, 3.8) is 0 Å². The molecule has 27 heavy (non-hydrogen) atoms. The van der Waals surface area contributed by atoms with Crippen LogP contribution in [0.1, 0.15) is 18.1 Å². The fourth-order valence-electron chi connectivity index (χ4n) is 2.98. The van der Waals surface area contributed by atoms with E-state index in [-0.39, 0.29) is 5.69 Å². The summed E-state index contributed by atoms with van der Waals surface area (Å²) in [5, 5.41) is 11.2. The van der Waals surface area contributed by atoms with E-state index in [1.54, 1.807) is 6.07 Å². The van der Waals surface area contributed by atoms with Crippen molar-refractivity contribution >= 4 is 11.4 Å². The van der Waals surface area contributed by atoms with Crippen LogP contribution in [0.5, 0.6) is 5.75 Å². The lowest BCUT2D eigenvalue weighted by molar-refractivity contribution is -0.384. The number of rotatable bonds is 8. The van der Waals surface area contributed by atoms with Crippen LogP contribution >= 0.6 is 0 Å². The van der Waals surface area contributed by atoms with Crippen molar-refractivity contribution in [2.24, 2.45) is 0 Å². The van der Waals surface area contributed by atoms with Crippen LogP contribution in [0.2, 0.25) is 0 Å². The quantitative estimate of drug-likeness (QED) is 0.408. The van der Waals surface area contributed by atoms with Crippen molar-refractivity contribution in [3.8, 4) is 5.75 Å². The van der Waals surface area contributed by atoms with Crippen molar-refractivity contribution in [2.75, 3.05) is 11.5 Å². The average Bonchev–Trinajstić information content (AvgIpc) is 2.69. The molecule has 0 aliphatic heterocycles. The van der Waals surface area contributed by atoms with Gasteiger partial charge in [0.05, 0.1) is 23.3 Å². The van der Waals surface area contributed by atoms with E-state index in [0.29, 0.717) is 25.4 Å². The predicted molar refractivity (Wildman–Crippen MR) is 107 cm³/mol. The Labute approximate surface area is 159 Å². The van der Waals surface area contributed by atoms with Gasteiger partial charge in [-0.25, -0.2) is 0 Å². The highest BCUT2D eigenvalue weighted by Crippen LogP contribution is 2.34. The normalized spacial score (nSPS) is 10.4. The molecule has 0 heterocycles. The molecule has 3 aromatic carbocycles. The Bertz CT molecular complexity index is 841. The first-order chi connectivity index (χ1) is 13.2. The molecule has 0 radical (unpaired) electrons. The van der Waals surface area contributed by atoms with Gasteiger partial charge in [0.1, 0.15) is 5.75 Å². The van der Waals surface area contributed by atoms with Gasteiger partial charge in [-0.2, -0.15) is 0 Å². The largest absolute Gasteiger partial charge is 0.491 e. The van der Waals surface area contributed by atoms with E-state index in [4.69, 9.17) is 4.74 Å². The lowest BCUT2D eigenvalue weighted by Crippen LogP contribution is -2.23. The summed E-state index contributed by atoms with van der Waals surface area (Å²) in [6, 6.07) is 25.1. The molecule has 3 rings (SSSR count). The Morgan fingerprint density at radius 3 is 1.93 bits per heavy atom. The first kappa shape index (κ1) is 18.5. The third-order valence-electron chi connectivity index (χ3n) is 4.23. The molecule has 0 aliphatic carbocycles. The number of ether oxygens (including phenoxy) is 1. The van der Waals surface area contributed by atoms with E-state index in [9.17, 15) is 10.1 Å². The molecule has 0 bridgehead atoms. The van der Waals surface area contributed by atoms with Crippen molar-refractivity contribution in [1.82, 2.24) is 0 Å². The Hall–Kier alpha value is -3.34. The SMILES string of the molecule is CCOc1cc([N+](=O)[O-])ccc1N(Cc1ccccc1)Cc1ccccc1. The average molecular weight is 362 g/mol. The first-order valence-electron chi connectivity index (χ1n) is 8.91. The van der Waals surface area contributed by atoms with Crippen molar-refractivity contribution < 1.29 is 9.66 Å². The number of anilines is 1. The van der Waals surface area contributed by atoms with Gasteiger partial charge in [-0.15, -0.1) is 0 Å². The molecule has 0 unspecified atom stereocenters. The zero-order chi connectivity index (χ0) is 19.1. The van der Waals surface area contributed by atoms with Gasteiger partial charge in [0.15, 0.2) is 0 Å². The van der Waals surface area contributed by atoms with Crippen LogP contribution in [-0.2, 0) is 13.1 Å². The molecule has 5 heteroatoms. The van der Waals surface area contributed by atoms with Crippen LogP contribution in [0.4, 0.5) is 11.4 Å². The summed E-state index contributed by atoms with van der Waals surface area (Å²) in [7, 11) is 0. The van der Waals surface area contributed by atoms with Crippen LogP contribution in [0.25, 0.3) is 0 Å². The number of hydrogen-bond donors (Lipinski definition) is 0. The molecule has 5 nitrogen and oxygen atoms in total. The maximum atomic E-state index is 11.2. The molecule has 0 saturated heterocycles. The van der Waals surface area contributed by atoms with Crippen LogP contribution in [0, 0.1) is 10.1 Å². The molecule has 0 aliphatic rings. The summed E-state index contributed by atoms with van der Waals surface area (Å²) in [4.78, 5) is 12.9. The number of non-ortho nitro benzene ring substituents is 1. The van der Waals surface area contributed by atoms with Gasteiger partial charge >= 0.3 is 0 Å². The summed E-state index contributed by atoms with van der Waals surface area (Å²) >= 11 is 0. The summed E-state index contributed by atoms with van der Waals surface area (Å²) in [5.74, 6) is 0.526. The fourth-order valence-corrected chi connectivity index (χ4v) is 2.98. The second-order valence-electron chi connectivity index (χ2n) is 6.17. The van der Waals surface area contributed by atoms with Gasteiger partial charge in [0.2, 0.25) is 0 Å². The molecule has 0 amide bonds. The maximum Gasteiger partial charge on any atom is 0.273 e. The Kier molecular flexibility index (Phi) is 6.05. The number of benzene rings is 3. The topological polar surface area (TPSA) is 55.6 Å². The van der Waals surface area contributed by atoms with Gasteiger partial charge in [-0.3, -0.25) is 10.1 Å². The minimum Gasteiger partial charge on any atom is -0.491 e. The van der Waals surface area contributed by atoms with Gasteiger partial charge in [0, 0.05) is 19.2 Å². The maximum absolute atomic E-state index is 11.2. The number of nitro benzene ring substituents is 1. The highest BCUT2D eigenvalue weighted by Gasteiger charge is 2.17. The molecule has 0 fully saturated rings. The fraction of sp³-hybridized carbons (Fsp3) is 0.182. The number of nitro groups is 1. The van der Waals surface area contributed by atoms with Gasteiger partial charge in [-0.1, -0.05) is 60.7 Å². The first-order valence-corrected chi connectivity index (χ1v) is 8.91. The third-order valence-corrected chi connectivity index (χ3v) is 4.23. The molecule has 3 aromatic rings. The summed E-state index contributed by atoms with van der Waals surface area (Å²) in [5.41, 5.74) is 3.19. The molecular weight excluding hydrogens is 340 g/mol. The van der Waals surface area contributed by atoms with Crippen LogP contribution in [0.15, 0.2) is 78.9 Å². The summed E-state index contributed by atoms with van der Waals surface area (Å²) in [6.07, 6.45) is 0. The van der Waals surface area contributed by atoms with Crippen molar-refractivity contribution in [1.29, 1.82) is 0 Å². The minimum absolute atomic E-state index is 0.0292. The summed E-state index contributed by atoms with van der Waals surface area (Å²) in [6.45, 7) is 3.67.